The topological polar surface area (TPSA) is 112 Å². The van der Waals surface area contributed by atoms with Crippen LogP contribution in [-0.4, -0.2) is 43.5 Å². The van der Waals surface area contributed by atoms with E-state index in [1.807, 2.05) is 47.0 Å². The van der Waals surface area contributed by atoms with Gasteiger partial charge in [0.25, 0.3) is 0 Å². The molecule has 0 spiro atoms. The second kappa shape index (κ2) is 10.1. The van der Waals surface area contributed by atoms with Crippen LogP contribution in [0.5, 0.6) is 5.75 Å². The van der Waals surface area contributed by atoms with E-state index in [0.29, 0.717) is 45.5 Å². The number of fused-ring (bicyclic) bond motifs is 3. The number of amides is 1. The van der Waals surface area contributed by atoms with E-state index >= 15 is 0 Å². The van der Waals surface area contributed by atoms with Crippen LogP contribution in [0, 0.1) is 0 Å². The molecule has 0 bridgehead atoms. The zero-order valence-corrected chi connectivity index (χ0v) is 21.2. The SMILES string of the molecule is CC(C)[SiH2]CC(=O)c1cc(OCC(=O)O)c2c3c(C(N)=O)cccc3n(Cc3ccccc3)c2c1. The van der Waals surface area contributed by atoms with Crippen LogP contribution in [0.2, 0.25) is 11.6 Å². The van der Waals surface area contributed by atoms with Crippen molar-refractivity contribution in [2.75, 3.05) is 6.61 Å². The summed E-state index contributed by atoms with van der Waals surface area (Å²) >= 11 is 0. The maximum Gasteiger partial charge on any atom is 0.341 e. The third kappa shape index (κ3) is 5.12. The summed E-state index contributed by atoms with van der Waals surface area (Å²) in [7, 11) is -0.583. The van der Waals surface area contributed by atoms with Gasteiger partial charge in [-0.1, -0.05) is 55.8 Å². The number of benzene rings is 3. The minimum atomic E-state index is -1.13. The van der Waals surface area contributed by atoms with Crippen molar-refractivity contribution in [3.8, 4) is 5.75 Å². The van der Waals surface area contributed by atoms with Gasteiger partial charge >= 0.3 is 5.97 Å². The summed E-state index contributed by atoms with van der Waals surface area (Å²) in [5.74, 6) is -1.46. The number of carbonyl (C=O) groups excluding carboxylic acids is 2. The summed E-state index contributed by atoms with van der Waals surface area (Å²) in [4.78, 5) is 36.8. The van der Waals surface area contributed by atoms with Crippen molar-refractivity contribution in [2.24, 2.45) is 5.73 Å². The lowest BCUT2D eigenvalue weighted by atomic mass is 10.0. The molecule has 0 aliphatic rings. The molecule has 0 aliphatic carbocycles. The molecule has 0 fully saturated rings. The molecule has 7 nitrogen and oxygen atoms in total. The number of Topliss-reactive ketones (excluding diaryl/α,β-unsaturated/α-hetero) is 1. The van der Waals surface area contributed by atoms with Crippen molar-refractivity contribution >= 4 is 49.0 Å². The van der Waals surface area contributed by atoms with Gasteiger partial charge in [0, 0.05) is 38.6 Å². The minimum absolute atomic E-state index is 0.0130. The number of aliphatic carboxylic acids is 1. The van der Waals surface area contributed by atoms with Crippen molar-refractivity contribution < 1.29 is 24.2 Å². The summed E-state index contributed by atoms with van der Waals surface area (Å²) < 4.78 is 7.72. The monoisotopic (exact) mass is 488 g/mol. The van der Waals surface area contributed by atoms with Gasteiger partial charge in [-0.3, -0.25) is 9.59 Å². The van der Waals surface area contributed by atoms with E-state index in [-0.39, 0.29) is 11.5 Å². The molecule has 8 heteroatoms. The number of primary amides is 1. The molecule has 0 atom stereocenters. The van der Waals surface area contributed by atoms with Crippen molar-refractivity contribution in [2.45, 2.75) is 32.0 Å². The predicted molar refractivity (Wildman–Crippen MR) is 139 cm³/mol. The molecule has 3 aromatic carbocycles. The quantitative estimate of drug-likeness (QED) is 0.259. The van der Waals surface area contributed by atoms with Crippen LogP contribution in [0.3, 0.4) is 0 Å². The highest BCUT2D eigenvalue weighted by molar-refractivity contribution is 6.44. The van der Waals surface area contributed by atoms with Crippen molar-refractivity contribution in [3.05, 3.63) is 77.4 Å². The van der Waals surface area contributed by atoms with Gasteiger partial charge in [-0.05, 0) is 29.8 Å². The number of hydrogen-bond acceptors (Lipinski definition) is 4. The molecule has 4 rings (SSSR count). The van der Waals surface area contributed by atoms with Gasteiger partial charge in [0.1, 0.15) is 5.75 Å². The molecule has 0 unspecified atom stereocenters. The Bertz CT molecular complexity index is 1430. The minimum Gasteiger partial charge on any atom is -0.481 e. The standard InChI is InChI=1S/C27H28N2O5Si/c1-16(2)35-15-22(30)18-11-21-26(23(12-18)34-14-24(31)32)25-19(27(28)33)9-6-10-20(25)29(21)13-17-7-4-3-5-8-17/h3-12,16H,13-15,35H2,1-2H3,(H2,28,33)(H,31,32). The molecule has 35 heavy (non-hydrogen) atoms. The summed E-state index contributed by atoms with van der Waals surface area (Å²) in [6.45, 7) is 4.15. The van der Waals surface area contributed by atoms with Crippen molar-refractivity contribution in [1.29, 1.82) is 0 Å². The summed E-state index contributed by atoms with van der Waals surface area (Å²) in [5.41, 5.74) is 9.49. The fourth-order valence-corrected chi connectivity index (χ4v) is 5.47. The van der Waals surface area contributed by atoms with Crippen molar-refractivity contribution in [1.82, 2.24) is 4.57 Å². The number of rotatable bonds is 10. The molecular weight excluding hydrogens is 460 g/mol. The van der Waals surface area contributed by atoms with Crippen LogP contribution in [0.1, 0.15) is 40.1 Å². The molecule has 1 aromatic heterocycles. The second-order valence-corrected chi connectivity index (χ2v) is 11.8. The number of hydrogen-bond donors (Lipinski definition) is 2. The number of carboxylic acids is 1. The van der Waals surface area contributed by atoms with E-state index in [4.69, 9.17) is 10.5 Å². The number of nitrogens with two attached hydrogens (primary N) is 1. The Morgan fingerprint density at radius 2 is 1.74 bits per heavy atom. The number of carboxylic acid groups (broad SMARTS) is 1. The van der Waals surface area contributed by atoms with Gasteiger partial charge in [0.2, 0.25) is 5.91 Å². The van der Waals surface area contributed by atoms with E-state index in [2.05, 4.69) is 13.8 Å². The maximum absolute atomic E-state index is 13.1. The molecule has 180 valence electrons. The van der Waals surface area contributed by atoms with Crippen molar-refractivity contribution in [3.63, 3.8) is 0 Å². The molecule has 4 aromatic rings. The lowest BCUT2D eigenvalue weighted by Gasteiger charge is -2.12. The van der Waals surface area contributed by atoms with Gasteiger partial charge in [0.05, 0.1) is 16.4 Å². The highest BCUT2D eigenvalue weighted by atomic mass is 28.2. The molecule has 1 heterocycles. The number of carbonyl (C=O) groups is 3. The van der Waals surface area contributed by atoms with Crippen LogP contribution in [0.4, 0.5) is 0 Å². The first-order chi connectivity index (χ1) is 16.8. The highest BCUT2D eigenvalue weighted by Gasteiger charge is 2.23. The normalized spacial score (nSPS) is 11.6. The summed E-state index contributed by atoms with van der Waals surface area (Å²) in [5, 5.41) is 10.4. The Morgan fingerprint density at radius 3 is 2.40 bits per heavy atom. The van der Waals surface area contributed by atoms with Crippen LogP contribution in [0.25, 0.3) is 21.8 Å². The average molecular weight is 489 g/mol. The van der Waals surface area contributed by atoms with Crippen LogP contribution in [-0.2, 0) is 11.3 Å². The van der Waals surface area contributed by atoms with Gasteiger partial charge in [-0.25, -0.2) is 4.79 Å². The Balaban J connectivity index is 2.03. The van der Waals surface area contributed by atoms with Crippen LogP contribution in [0.15, 0.2) is 60.7 Å². The van der Waals surface area contributed by atoms with Gasteiger partial charge in [-0.15, -0.1) is 0 Å². The van der Waals surface area contributed by atoms with E-state index in [9.17, 15) is 19.5 Å². The van der Waals surface area contributed by atoms with Gasteiger partial charge in [-0.2, -0.15) is 0 Å². The summed E-state index contributed by atoms with van der Waals surface area (Å²) in [6.07, 6.45) is 0. The third-order valence-corrected chi connectivity index (χ3v) is 7.92. The fourth-order valence-electron chi connectivity index (χ4n) is 4.34. The average Bonchev–Trinajstić information content (AvgIpc) is 3.15. The molecule has 3 N–H and O–H groups in total. The Morgan fingerprint density at radius 1 is 1.00 bits per heavy atom. The first kappa shape index (κ1) is 24.2. The number of ketones is 1. The molecule has 1 amide bonds. The van der Waals surface area contributed by atoms with E-state index in [0.717, 1.165) is 11.1 Å². The lowest BCUT2D eigenvalue weighted by Crippen LogP contribution is -2.12. The molecular formula is C27H28N2O5Si. The lowest BCUT2D eigenvalue weighted by molar-refractivity contribution is -0.139. The third-order valence-electron chi connectivity index (χ3n) is 6.03. The molecule has 0 saturated heterocycles. The van der Waals surface area contributed by atoms with Crippen LogP contribution >= 0.6 is 0 Å². The van der Waals surface area contributed by atoms with Crippen LogP contribution < -0.4 is 10.5 Å². The number of aromatic nitrogens is 1. The number of nitrogens with zero attached hydrogens (tertiary/aromatic N) is 1. The number of ether oxygens (including phenoxy) is 1. The smallest absolute Gasteiger partial charge is 0.341 e. The largest absolute Gasteiger partial charge is 0.481 e. The maximum atomic E-state index is 13.1. The zero-order valence-electron chi connectivity index (χ0n) is 19.8. The second-order valence-electron chi connectivity index (χ2n) is 9.04. The van der Waals surface area contributed by atoms with E-state index < -0.39 is 28.0 Å². The first-order valence-electron chi connectivity index (χ1n) is 11.6. The van der Waals surface area contributed by atoms with Gasteiger partial charge in [0.15, 0.2) is 12.4 Å². The Hall–Kier alpha value is -3.91. The Kier molecular flexibility index (Phi) is 7.02. The van der Waals surface area contributed by atoms with E-state index in [1.54, 1.807) is 18.2 Å². The van der Waals surface area contributed by atoms with Gasteiger partial charge < -0.3 is 20.1 Å². The first-order valence-corrected chi connectivity index (χ1v) is 13.4. The fraction of sp³-hybridized carbons (Fsp3) is 0.222. The predicted octanol–water partition coefficient (Wildman–Crippen LogP) is 4.00. The molecule has 0 radical (unpaired) electrons. The van der Waals surface area contributed by atoms with E-state index in [1.165, 1.54) is 0 Å². The highest BCUT2D eigenvalue weighted by Crippen LogP contribution is 2.39. The molecule has 0 saturated carbocycles. The molecule has 0 aliphatic heterocycles. The zero-order chi connectivity index (χ0) is 25.1. The summed E-state index contributed by atoms with van der Waals surface area (Å²) in [6, 6.07) is 19.1. The Labute approximate surface area is 205 Å².